The SMILES string of the molecule is COC(=O)[C@H](C)C/C(C)=C/Cc1c(OC)c(C)c2c(c1OS(=O)(=O)C(F)(F)F)C(=O)OC2. The number of carbonyl (C=O) groups is 2. The summed E-state index contributed by atoms with van der Waals surface area (Å²) in [5.41, 5.74) is -4.90. The van der Waals surface area contributed by atoms with E-state index in [-0.39, 0.29) is 41.9 Å². The van der Waals surface area contributed by atoms with Crippen molar-refractivity contribution in [3.63, 3.8) is 0 Å². The van der Waals surface area contributed by atoms with Gasteiger partial charge in [0.1, 0.15) is 17.9 Å². The van der Waals surface area contributed by atoms with E-state index in [1.165, 1.54) is 14.2 Å². The van der Waals surface area contributed by atoms with Crippen molar-refractivity contribution in [2.75, 3.05) is 14.2 Å². The lowest BCUT2D eigenvalue weighted by atomic mass is 9.94. The zero-order valence-corrected chi connectivity index (χ0v) is 18.9. The van der Waals surface area contributed by atoms with Crippen LogP contribution in [0, 0.1) is 12.8 Å². The molecular weight excluding hydrogens is 457 g/mol. The van der Waals surface area contributed by atoms with E-state index in [4.69, 9.17) is 9.47 Å². The lowest BCUT2D eigenvalue weighted by molar-refractivity contribution is -0.144. The number of benzene rings is 1. The molecular formula is C20H23F3O8S. The van der Waals surface area contributed by atoms with Crippen LogP contribution in [-0.2, 0) is 37.4 Å². The van der Waals surface area contributed by atoms with E-state index in [2.05, 4.69) is 8.92 Å². The average Bonchev–Trinajstić information content (AvgIpc) is 3.08. The Labute approximate surface area is 183 Å². The van der Waals surface area contributed by atoms with Gasteiger partial charge in [0.25, 0.3) is 0 Å². The number of halogens is 3. The quantitative estimate of drug-likeness (QED) is 0.241. The Morgan fingerprint density at radius 1 is 1.25 bits per heavy atom. The second-order valence-electron chi connectivity index (χ2n) is 7.26. The summed E-state index contributed by atoms with van der Waals surface area (Å²) < 4.78 is 81.9. The maximum atomic E-state index is 13.0. The van der Waals surface area contributed by atoms with Crippen molar-refractivity contribution in [3.05, 3.63) is 33.9 Å². The summed E-state index contributed by atoms with van der Waals surface area (Å²) in [5.74, 6) is -2.63. The molecule has 0 fully saturated rings. The summed E-state index contributed by atoms with van der Waals surface area (Å²) in [6.45, 7) is 4.64. The number of carbonyl (C=O) groups excluding carboxylic acids is 2. The van der Waals surface area contributed by atoms with Gasteiger partial charge in [-0.1, -0.05) is 18.6 Å². The summed E-state index contributed by atoms with van der Waals surface area (Å²) in [6.07, 6.45) is 1.74. The predicted octanol–water partition coefficient (Wildman–Crippen LogP) is 3.59. The van der Waals surface area contributed by atoms with E-state index in [0.29, 0.717) is 11.1 Å². The van der Waals surface area contributed by atoms with E-state index in [0.717, 1.165) is 0 Å². The Morgan fingerprint density at radius 2 is 1.88 bits per heavy atom. The highest BCUT2D eigenvalue weighted by Gasteiger charge is 2.50. The molecule has 0 N–H and O–H groups in total. The van der Waals surface area contributed by atoms with Gasteiger partial charge in [-0.15, -0.1) is 0 Å². The molecule has 0 saturated carbocycles. The van der Waals surface area contributed by atoms with Crippen LogP contribution in [0.4, 0.5) is 13.2 Å². The van der Waals surface area contributed by atoms with Crippen molar-refractivity contribution < 1.29 is 49.6 Å². The number of allylic oxidation sites excluding steroid dienone is 2. The third-order valence-corrected chi connectivity index (χ3v) is 5.94. The van der Waals surface area contributed by atoms with E-state index < -0.39 is 39.2 Å². The zero-order valence-electron chi connectivity index (χ0n) is 18.1. The number of fused-ring (bicyclic) bond motifs is 1. The minimum absolute atomic E-state index is 0.0690. The number of methoxy groups -OCH3 is 2. The molecule has 2 rings (SSSR count). The molecule has 1 aliphatic heterocycles. The van der Waals surface area contributed by atoms with Crippen molar-refractivity contribution >= 4 is 22.1 Å². The number of hydrogen-bond acceptors (Lipinski definition) is 8. The summed E-state index contributed by atoms with van der Waals surface area (Å²) >= 11 is 0. The molecule has 0 aromatic heterocycles. The van der Waals surface area contributed by atoms with E-state index in [1.807, 2.05) is 0 Å². The molecule has 1 heterocycles. The van der Waals surface area contributed by atoms with Crippen LogP contribution < -0.4 is 8.92 Å². The molecule has 1 aromatic rings. The van der Waals surface area contributed by atoms with Gasteiger partial charge in [0.05, 0.1) is 20.1 Å². The van der Waals surface area contributed by atoms with Gasteiger partial charge >= 0.3 is 27.6 Å². The molecule has 0 saturated heterocycles. The minimum atomic E-state index is -6.07. The Kier molecular flexibility index (Phi) is 7.48. The first-order chi connectivity index (χ1) is 14.7. The van der Waals surface area contributed by atoms with Gasteiger partial charge in [-0.3, -0.25) is 4.79 Å². The Hall–Kier alpha value is -2.76. The molecule has 0 radical (unpaired) electrons. The fraction of sp³-hybridized carbons (Fsp3) is 0.500. The molecule has 1 aliphatic rings. The first kappa shape index (κ1) is 25.5. The van der Waals surface area contributed by atoms with Gasteiger partial charge in [-0.05, 0) is 32.3 Å². The second kappa shape index (κ2) is 9.39. The fourth-order valence-electron chi connectivity index (χ4n) is 3.39. The average molecular weight is 480 g/mol. The topological polar surface area (TPSA) is 105 Å². The number of alkyl halides is 3. The van der Waals surface area contributed by atoms with Gasteiger partial charge < -0.3 is 18.4 Å². The smallest absolute Gasteiger partial charge is 0.496 e. The molecule has 0 spiro atoms. The maximum absolute atomic E-state index is 13.0. The van der Waals surface area contributed by atoms with Crippen molar-refractivity contribution in [2.24, 2.45) is 5.92 Å². The first-order valence-electron chi connectivity index (χ1n) is 9.38. The standard InChI is InChI=1S/C20H23F3O8S/c1-10(8-11(2)18(24)29-5)6-7-13-16(28-4)12(3)14-9-30-19(25)15(14)17(13)31-32(26,27)20(21,22)23/h6,11H,7-9H2,1-5H3/b10-6+/t11-/m1/s1. The number of esters is 2. The van der Waals surface area contributed by atoms with Crippen LogP contribution in [0.15, 0.2) is 11.6 Å². The largest absolute Gasteiger partial charge is 0.534 e. The number of ether oxygens (including phenoxy) is 3. The molecule has 1 atom stereocenters. The van der Waals surface area contributed by atoms with Crippen molar-refractivity contribution in [3.8, 4) is 11.5 Å². The molecule has 1 aromatic carbocycles. The van der Waals surface area contributed by atoms with Crippen molar-refractivity contribution in [1.82, 2.24) is 0 Å². The van der Waals surface area contributed by atoms with Crippen LogP contribution in [-0.4, -0.2) is 40.1 Å². The Morgan fingerprint density at radius 3 is 2.41 bits per heavy atom. The van der Waals surface area contributed by atoms with Crippen LogP contribution >= 0.6 is 0 Å². The number of hydrogen-bond donors (Lipinski definition) is 0. The first-order valence-corrected chi connectivity index (χ1v) is 10.8. The van der Waals surface area contributed by atoms with E-state index >= 15 is 0 Å². The fourth-order valence-corrected chi connectivity index (χ4v) is 3.88. The van der Waals surface area contributed by atoms with Crippen LogP contribution in [0.2, 0.25) is 0 Å². The van der Waals surface area contributed by atoms with Gasteiger partial charge in [-0.2, -0.15) is 21.6 Å². The highest BCUT2D eigenvalue weighted by molar-refractivity contribution is 7.88. The van der Waals surface area contributed by atoms with E-state index in [1.54, 1.807) is 26.8 Å². The lowest BCUT2D eigenvalue weighted by Crippen LogP contribution is -2.29. The monoisotopic (exact) mass is 480 g/mol. The van der Waals surface area contributed by atoms with Gasteiger partial charge in [0, 0.05) is 11.1 Å². The number of cyclic esters (lactones) is 1. The predicted molar refractivity (Wildman–Crippen MR) is 106 cm³/mol. The zero-order chi connectivity index (χ0) is 24.4. The third-order valence-electron chi connectivity index (χ3n) is 4.99. The third kappa shape index (κ3) is 5.00. The molecule has 0 unspecified atom stereocenters. The lowest BCUT2D eigenvalue weighted by Gasteiger charge is -2.19. The molecule has 0 aliphatic carbocycles. The normalized spacial score (nSPS) is 15.1. The molecule has 8 nitrogen and oxygen atoms in total. The minimum Gasteiger partial charge on any atom is -0.496 e. The van der Waals surface area contributed by atoms with Crippen LogP contribution in [0.5, 0.6) is 11.5 Å². The van der Waals surface area contributed by atoms with E-state index in [9.17, 15) is 31.2 Å². The summed E-state index contributed by atoms with van der Waals surface area (Å²) in [4.78, 5) is 23.9. The van der Waals surface area contributed by atoms with Crippen LogP contribution in [0.3, 0.4) is 0 Å². The summed E-state index contributed by atoms with van der Waals surface area (Å²) in [5, 5.41) is 0. The number of rotatable bonds is 8. The van der Waals surface area contributed by atoms with Crippen molar-refractivity contribution in [1.29, 1.82) is 0 Å². The van der Waals surface area contributed by atoms with Crippen LogP contribution in [0.25, 0.3) is 0 Å². The molecule has 32 heavy (non-hydrogen) atoms. The molecule has 0 bridgehead atoms. The van der Waals surface area contributed by atoms with Gasteiger partial charge in [0.15, 0.2) is 5.75 Å². The molecule has 178 valence electrons. The highest BCUT2D eigenvalue weighted by atomic mass is 32.2. The summed E-state index contributed by atoms with van der Waals surface area (Å²) in [7, 11) is -3.57. The molecule has 12 heteroatoms. The summed E-state index contributed by atoms with van der Waals surface area (Å²) in [6, 6.07) is 0. The van der Waals surface area contributed by atoms with Crippen molar-refractivity contribution in [2.45, 2.75) is 45.7 Å². The highest BCUT2D eigenvalue weighted by Crippen LogP contribution is 2.44. The maximum Gasteiger partial charge on any atom is 0.534 e. The van der Waals surface area contributed by atoms with Gasteiger partial charge in [-0.25, -0.2) is 4.79 Å². The van der Waals surface area contributed by atoms with Crippen LogP contribution in [0.1, 0.15) is 47.3 Å². The second-order valence-corrected chi connectivity index (χ2v) is 8.80. The van der Waals surface area contributed by atoms with Gasteiger partial charge in [0.2, 0.25) is 0 Å². The molecule has 0 amide bonds. The Bertz CT molecular complexity index is 1060. The Balaban J connectivity index is 2.62.